The Bertz CT molecular complexity index is 418. The van der Waals surface area contributed by atoms with Crippen molar-refractivity contribution in [3.05, 3.63) is 23.9 Å². The Morgan fingerprint density at radius 3 is 2.84 bits per heavy atom. The van der Waals surface area contributed by atoms with Crippen molar-refractivity contribution >= 4 is 36.5 Å². The molecule has 2 atom stereocenters. The number of pyridine rings is 1. The van der Waals surface area contributed by atoms with Crippen molar-refractivity contribution in [3.63, 3.8) is 0 Å². The van der Waals surface area contributed by atoms with Gasteiger partial charge in [0.05, 0.1) is 6.10 Å². The maximum atomic E-state index is 11.9. The molecule has 0 bridgehead atoms. The number of nitrogens with zero attached hydrogens (tertiary/aromatic N) is 1. The third-order valence-electron chi connectivity index (χ3n) is 2.83. The first kappa shape index (κ1) is 18.1. The van der Waals surface area contributed by atoms with E-state index in [1.807, 2.05) is 19.1 Å². The van der Waals surface area contributed by atoms with Gasteiger partial charge in [0.2, 0.25) is 0 Å². The highest BCUT2D eigenvalue weighted by atomic mass is 35.5. The van der Waals surface area contributed by atoms with Crippen molar-refractivity contribution in [1.82, 2.24) is 4.98 Å². The number of ether oxygens (including phenoxy) is 1. The van der Waals surface area contributed by atoms with Crippen molar-refractivity contribution < 1.29 is 9.53 Å². The molecule has 0 unspecified atom stereocenters. The van der Waals surface area contributed by atoms with Crippen LogP contribution in [0.3, 0.4) is 0 Å². The first-order chi connectivity index (χ1) is 8.19. The number of carbonyl (C=O) groups is 1. The van der Waals surface area contributed by atoms with Crippen molar-refractivity contribution in [2.45, 2.75) is 32.0 Å². The number of halogens is 2. The molecule has 1 aliphatic rings. The highest BCUT2D eigenvalue weighted by Crippen LogP contribution is 2.20. The number of carbonyl (C=O) groups excluding carboxylic acids is 1. The van der Waals surface area contributed by atoms with Gasteiger partial charge in [-0.15, -0.1) is 24.8 Å². The first-order valence-corrected chi connectivity index (χ1v) is 5.78. The number of amides is 1. The van der Waals surface area contributed by atoms with E-state index in [2.05, 4.69) is 10.3 Å². The molecule has 108 valence electrons. The summed E-state index contributed by atoms with van der Waals surface area (Å²) in [5.41, 5.74) is 6.56. The van der Waals surface area contributed by atoms with Crippen molar-refractivity contribution in [2.24, 2.45) is 5.73 Å². The minimum Gasteiger partial charge on any atom is -0.364 e. The van der Waals surface area contributed by atoms with E-state index in [1.165, 1.54) is 0 Å². The summed E-state index contributed by atoms with van der Waals surface area (Å²) in [5.74, 6) is 0.425. The Labute approximate surface area is 125 Å². The molecule has 0 radical (unpaired) electrons. The predicted octanol–water partition coefficient (Wildman–Crippen LogP) is 1.68. The van der Waals surface area contributed by atoms with Crippen LogP contribution >= 0.6 is 24.8 Å². The number of aromatic nitrogens is 1. The van der Waals surface area contributed by atoms with Gasteiger partial charge in [0.25, 0.3) is 5.91 Å². The normalized spacial score (nSPS) is 21.2. The molecule has 0 aliphatic carbocycles. The Morgan fingerprint density at radius 2 is 2.26 bits per heavy atom. The van der Waals surface area contributed by atoms with Crippen molar-refractivity contribution in [2.75, 3.05) is 11.9 Å². The second kappa shape index (κ2) is 8.32. The summed E-state index contributed by atoms with van der Waals surface area (Å²) in [5, 5.41) is 2.75. The maximum absolute atomic E-state index is 11.9. The fourth-order valence-electron chi connectivity index (χ4n) is 1.88. The van der Waals surface area contributed by atoms with E-state index < -0.39 is 6.10 Å². The Morgan fingerprint density at radius 1 is 1.53 bits per heavy atom. The zero-order valence-electron chi connectivity index (χ0n) is 10.7. The zero-order chi connectivity index (χ0) is 12.3. The molecule has 1 aromatic heterocycles. The molecule has 0 aromatic carbocycles. The second-order valence-electron chi connectivity index (χ2n) is 4.27. The smallest absolute Gasteiger partial charge is 0.254 e. The lowest BCUT2D eigenvalue weighted by molar-refractivity contribution is -0.126. The van der Waals surface area contributed by atoms with Gasteiger partial charge >= 0.3 is 0 Å². The average Bonchev–Trinajstić information content (AvgIpc) is 2.77. The summed E-state index contributed by atoms with van der Waals surface area (Å²) >= 11 is 0. The van der Waals surface area contributed by atoms with Gasteiger partial charge in [0.1, 0.15) is 11.9 Å². The highest BCUT2D eigenvalue weighted by Gasteiger charge is 2.29. The number of hydrogen-bond acceptors (Lipinski definition) is 4. The van der Waals surface area contributed by atoms with E-state index in [0.717, 1.165) is 18.4 Å². The number of nitrogens with two attached hydrogens (primary N) is 1. The molecule has 2 rings (SSSR count). The van der Waals surface area contributed by atoms with E-state index >= 15 is 0 Å². The fourth-order valence-corrected chi connectivity index (χ4v) is 1.88. The van der Waals surface area contributed by atoms with Gasteiger partial charge in [-0.1, -0.05) is 0 Å². The standard InChI is InChI=1S/C12H17N3O2.2ClH/c1-8-4-5-14-11(6-8)15-12(16)10-3-2-9(7-13)17-10;;/h4-6,9-10H,2-3,7,13H2,1H3,(H,14,15,16);2*1H/t9-,10+;;/m1../s1. The number of nitrogens with one attached hydrogen (secondary N) is 1. The monoisotopic (exact) mass is 307 g/mol. The zero-order valence-corrected chi connectivity index (χ0v) is 12.3. The van der Waals surface area contributed by atoms with Crippen LogP contribution in [0.5, 0.6) is 0 Å². The van der Waals surface area contributed by atoms with Crippen LogP contribution in [-0.4, -0.2) is 29.6 Å². The van der Waals surface area contributed by atoms with E-state index in [9.17, 15) is 4.79 Å². The number of hydrogen-bond donors (Lipinski definition) is 2. The van der Waals surface area contributed by atoms with E-state index in [0.29, 0.717) is 12.4 Å². The van der Waals surface area contributed by atoms with Gasteiger partial charge in [-0.05, 0) is 37.5 Å². The molecule has 1 saturated heterocycles. The summed E-state index contributed by atoms with van der Waals surface area (Å²) in [6, 6.07) is 3.71. The van der Waals surface area contributed by atoms with E-state index in [-0.39, 0.29) is 36.8 Å². The molecule has 7 heteroatoms. The summed E-state index contributed by atoms with van der Waals surface area (Å²) in [4.78, 5) is 15.9. The topological polar surface area (TPSA) is 77.2 Å². The molecular weight excluding hydrogens is 289 g/mol. The largest absolute Gasteiger partial charge is 0.364 e. The van der Waals surface area contributed by atoms with Gasteiger partial charge in [-0.2, -0.15) is 0 Å². The summed E-state index contributed by atoms with van der Waals surface area (Å²) in [7, 11) is 0. The number of rotatable bonds is 3. The molecule has 1 aliphatic heterocycles. The quantitative estimate of drug-likeness (QED) is 0.890. The molecule has 5 nitrogen and oxygen atoms in total. The number of aryl methyl sites for hydroxylation is 1. The molecule has 1 amide bonds. The lowest BCUT2D eigenvalue weighted by atomic mass is 10.2. The van der Waals surface area contributed by atoms with Crippen LogP contribution in [0.4, 0.5) is 5.82 Å². The van der Waals surface area contributed by atoms with Crippen LogP contribution in [0.1, 0.15) is 18.4 Å². The third-order valence-corrected chi connectivity index (χ3v) is 2.83. The number of anilines is 1. The van der Waals surface area contributed by atoms with E-state index in [4.69, 9.17) is 10.5 Å². The van der Waals surface area contributed by atoms with Crippen LogP contribution in [0.25, 0.3) is 0 Å². The second-order valence-corrected chi connectivity index (χ2v) is 4.27. The van der Waals surface area contributed by atoms with Crippen LogP contribution < -0.4 is 11.1 Å². The SMILES string of the molecule is Cc1ccnc(NC(=O)[C@@H]2CC[C@H](CN)O2)c1.Cl.Cl. The summed E-state index contributed by atoms with van der Waals surface area (Å²) in [6.07, 6.45) is 2.85. The average molecular weight is 308 g/mol. The fraction of sp³-hybridized carbons (Fsp3) is 0.500. The lowest BCUT2D eigenvalue weighted by Gasteiger charge is -2.12. The van der Waals surface area contributed by atoms with E-state index in [1.54, 1.807) is 6.20 Å². The molecule has 3 N–H and O–H groups in total. The lowest BCUT2D eigenvalue weighted by Crippen LogP contribution is -2.30. The van der Waals surface area contributed by atoms with Crippen LogP contribution in [-0.2, 0) is 9.53 Å². The van der Waals surface area contributed by atoms with Crippen LogP contribution in [0.2, 0.25) is 0 Å². The van der Waals surface area contributed by atoms with Gasteiger partial charge in [0.15, 0.2) is 0 Å². The molecule has 0 spiro atoms. The van der Waals surface area contributed by atoms with Gasteiger partial charge in [-0.25, -0.2) is 4.98 Å². The van der Waals surface area contributed by atoms with Crippen LogP contribution in [0.15, 0.2) is 18.3 Å². The Kier molecular flexibility index (Phi) is 7.94. The summed E-state index contributed by atoms with van der Waals surface area (Å²) < 4.78 is 5.51. The molecule has 2 heterocycles. The molecule has 1 aromatic rings. The Hall–Kier alpha value is -0.880. The Balaban J connectivity index is 0.00000162. The molecule has 1 fully saturated rings. The minimum absolute atomic E-state index is 0. The highest BCUT2D eigenvalue weighted by molar-refractivity contribution is 5.93. The minimum atomic E-state index is -0.397. The molecule has 0 saturated carbocycles. The molecule has 19 heavy (non-hydrogen) atoms. The predicted molar refractivity (Wildman–Crippen MR) is 79.0 cm³/mol. The van der Waals surface area contributed by atoms with Crippen molar-refractivity contribution in [1.29, 1.82) is 0 Å². The van der Waals surface area contributed by atoms with Gasteiger partial charge in [0, 0.05) is 12.7 Å². The third kappa shape index (κ3) is 4.95. The summed E-state index contributed by atoms with van der Waals surface area (Å²) in [6.45, 7) is 2.42. The maximum Gasteiger partial charge on any atom is 0.254 e. The first-order valence-electron chi connectivity index (χ1n) is 5.78. The van der Waals surface area contributed by atoms with Gasteiger partial charge < -0.3 is 15.8 Å². The van der Waals surface area contributed by atoms with Gasteiger partial charge in [-0.3, -0.25) is 4.79 Å². The van der Waals surface area contributed by atoms with Crippen LogP contribution in [0, 0.1) is 6.92 Å². The van der Waals surface area contributed by atoms with Crippen molar-refractivity contribution in [3.8, 4) is 0 Å². The molecular formula is C12H19Cl2N3O2.